The molecule has 0 amide bonds. The summed E-state index contributed by atoms with van der Waals surface area (Å²) in [5.74, 6) is -0.232. The third-order valence-electron chi connectivity index (χ3n) is 4.55. The van der Waals surface area contributed by atoms with Gasteiger partial charge in [0.1, 0.15) is 17.4 Å². The SMILES string of the molecule is COC(=O)COc1c(C)cc(/C=C(/C#N)C(=O)c2c[nH]c3ccccc23)cc1C. The van der Waals surface area contributed by atoms with Gasteiger partial charge in [-0.3, -0.25) is 4.79 Å². The van der Waals surface area contributed by atoms with Crippen molar-refractivity contribution in [1.29, 1.82) is 5.26 Å². The Morgan fingerprint density at radius 3 is 2.52 bits per heavy atom. The Balaban J connectivity index is 1.92. The largest absolute Gasteiger partial charge is 0.481 e. The first kappa shape index (κ1) is 19.9. The fourth-order valence-electron chi connectivity index (χ4n) is 3.20. The number of aromatic amines is 1. The highest BCUT2D eigenvalue weighted by Gasteiger charge is 2.17. The number of para-hydroxylation sites is 1. The van der Waals surface area contributed by atoms with Crippen LogP contribution in [-0.2, 0) is 9.53 Å². The summed E-state index contributed by atoms with van der Waals surface area (Å²) >= 11 is 0. The number of allylic oxidation sites excluding steroid dienone is 1. The molecular formula is C23H20N2O4. The average molecular weight is 388 g/mol. The molecule has 6 nitrogen and oxygen atoms in total. The van der Waals surface area contributed by atoms with Crippen LogP contribution < -0.4 is 4.74 Å². The van der Waals surface area contributed by atoms with Crippen molar-refractivity contribution in [2.75, 3.05) is 13.7 Å². The Labute approximate surface area is 168 Å². The number of aromatic nitrogens is 1. The molecule has 1 heterocycles. The standard InChI is InChI=1S/C23H20N2O4/c1-14-8-16(9-15(2)23(14)29-13-21(26)28-3)10-17(11-24)22(27)19-12-25-20-7-5-4-6-18(19)20/h4-10,12,25H,13H2,1-3H3/b17-10-. The van der Waals surface area contributed by atoms with Crippen molar-refractivity contribution in [3.63, 3.8) is 0 Å². The second-order valence-corrected chi connectivity index (χ2v) is 6.60. The minimum Gasteiger partial charge on any atom is -0.481 e. The maximum Gasteiger partial charge on any atom is 0.343 e. The fourth-order valence-corrected chi connectivity index (χ4v) is 3.20. The van der Waals surface area contributed by atoms with Crippen LogP contribution in [0.25, 0.3) is 17.0 Å². The second kappa shape index (κ2) is 8.44. The monoisotopic (exact) mass is 388 g/mol. The number of aryl methyl sites for hydroxylation is 2. The summed E-state index contributed by atoms with van der Waals surface area (Å²) < 4.78 is 10.1. The molecule has 0 saturated carbocycles. The molecule has 0 aliphatic heterocycles. The maximum absolute atomic E-state index is 12.9. The zero-order valence-electron chi connectivity index (χ0n) is 16.4. The van der Waals surface area contributed by atoms with Crippen molar-refractivity contribution in [1.82, 2.24) is 4.98 Å². The summed E-state index contributed by atoms with van der Waals surface area (Å²) in [7, 11) is 1.30. The van der Waals surface area contributed by atoms with Gasteiger partial charge in [0.05, 0.1) is 7.11 Å². The highest BCUT2D eigenvalue weighted by atomic mass is 16.6. The summed E-state index contributed by atoms with van der Waals surface area (Å²) in [6.07, 6.45) is 3.19. The number of ketones is 1. The molecule has 1 N–H and O–H groups in total. The van der Waals surface area contributed by atoms with E-state index in [-0.39, 0.29) is 18.0 Å². The van der Waals surface area contributed by atoms with E-state index in [4.69, 9.17) is 4.74 Å². The molecule has 29 heavy (non-hydrogen) atoms. The molecule has 0 fully saturated rings. The predicted molar refractivity (Wildman–Crippen MR) is 110 cm³/mol. The van der Waals surface area contributed by atoms with Crippen molar-refractivity contribution in [3.05, 3.63) is 70.4 Å². The highest BCUT2D eigenvalue weighted by molar-refractivity contribution is 6.19. The number of H-pyrrole nitrogens is 1. The van der Waals surface area contributed by atoms with Crippen LogP contribution >= 0.6 is 0 Å². The topological polar surface area (TPSA) is 92.2 Å². The number of esters is 1. The van der Waals surface area contributed by atoms with E-state index in [1.807, 2.05) is 44.2 Å². The number of hydrogen-bond acceptors (Lipinski definition) is 5. The lowest BCUT2D eigenvalue weighted by Gasteiger charge is -2.12. The van der Waals surface area contributed by atoms with Crippen molar-refractivity contribution < 1.29 is 19.1 Å². The van der Waals surface area contributed by atoms with Gasteiger partial charge in [0, 0.05) is 22.7 Å². The van der Waals surface area contributed by atoms with Crippen LogP contribution in [0.5, 0.6) is 5.75 Å². The van der Waals surface area contributed by atoms with Crippen molar-refractivity contribution in [2.24, 2.45) is 0 Å². The molecule has 3 aromatic rings. The third-order valence-corrected chi connectivity index (χ3v) is 4.55. The predicted octanol–water partition coefficient (Wildman–Crippen LogP) is 4.13. The summed E-state index contributed by atoms with van der Waals surface area (Å²) in [4.78, 5) is 27.3. The van der Waals surface area contributed by atoms with Crippen LogP contribution in [0.3, 0.4) is 0 Å². The number of nitrogens with zero attached hydrogens (tertiary/aromatic N) is 1. The highest BCUT2D eigenvalue weighted by Crippen LogP contribution is 2.27. The van der Waals surface area contributed by atoms with E-state index in [0.717, 1.165) is 22.0 Å². The zero-order valence-corrected chi connectivity index (χ0v) is 16.4. The lowest BCUT2D eigenvalue weighted by Crippen LogP contribution is -2.13. The van der Waals surface area contributed by atoms with E-state index >= 15 is 0 Å². The maximum atomic E-state index is 12.9. The fraction of sp³-hybridized carbons (Fsp3) is 0.174. The quantitative estimate of drug-likeness (QED) is 0.297. The smallest absolute Gasteiger partial charge is 0.343 e. The van der Waals surface area contributed by atoms with Crippen LogP contribution in [0.15, 0.2) is 48.2 Å². The first-order valence-electron chi connectivity index (χ1n) is 8.98. The van der Waals surface area contributed by atoms with E-state index in [9.17, 15) is 14.9 Å². The van der Waals surface area contributed by atoms with Gasteiger partial charge in [0.2, 0.25) is 5.78 Å². The van der Waals surface area contributed by atoms with Gasteiger partial charge in [-0.2, -0.15) is 5.26 Å². The van der Waals surface area contributed by atoms with E-state index < -0.39 is 5.97 Å². The molecular weight excluding hydrogens is 368 g/mol. The molecule has 3 rings (SSSR count). The van der Waals surface area contributed by atoms with Crippen molar-refractivity contribution >= 4 is 28.7 Å². The van der Waals surface area contributed by atoms with Gasteiger partial charge >= 0.3 is 5.97 Å². The second-order valence-electron chi connectivity index (χ2n) is 6.60. The van der Waals surface area contributed by atoms with Crippen molar-refractivity contribution in [2.45, 2.75) is 13.8 Å². The third kappa shape index (κ3) is 4.19. The first-order chi connectivity index (χ1) is 13.9. The Hall–Kier alpha value is -3.85. The van der Waals surface area contributed by atoms with Gasteiger partial charge in [0.25, 0.3) is 0 Å². The number of rotatable bonds is 6. The number of nitrogens with one attached hydrogen (secondary N) is 1. The van der Waals surface area contributed by atoms with Gasteiger partial charge in [-0.25, -0.2) is 4.79 Å². The van der Waals surface area contributed by atoms with Gasteiger partial charge in [-0.05, 0) is 54.8 Å². The number of ether oxygens (including phenoxy) is 2. The molecule has 0 aliphatic rings. The first-order valence-corrected chi connectivity index (χ1v) is 8.98. The molecule has 6 heteroatoms. The van der Waals surface area contributed by atoms with Gasteiger partial charge in [0.15, 0.2) is 6.61 Å². The number of carbonyl (C=O) groups excluding carboxylic acids is 2. The van der Waals surface area contributed by atoms with Crippen LogP contribution in [0.2, 0.25) is 0 Å². The Morgan fingerprint density at radius 2 is 1.86 bits per heavy atom. The Morgan fingerprint density at radius 1 is 1.17 bits per heavy atom. The molecule has 0 spiro atoms. The van der Waals surface area contributed by atoms with E-state index in [0.29, 0.717) is 16.9 Å². The average Bonchev–Trinajstić information content (AvgIpc) is 3.14. The zero-order chi connectivity index (χ0) is 21.0. The summed E-state index contributed by atoms with van der Waals surface area (Å²) in [5, 5.41) is 10.3. The summed E-state index contributed by atoms with van der Waals surface area (Å²) in [6, 6.07) is 13.1. The Kier molecular flexibility index (Phi) is 5.79. The number of benzene rings is 2. The molecule has 0 aliphatic carbocycles. The number of methoxy groups -OCH3 is 1. The van der Waals surface area contributed by atoms with Crippen LogP contribution in [0.1, 0.15) is 27.0 Å². The summed E-state index contributed by atoms with van der Waals surface area (Å²) in [6.45, 7) is 3.49. The minimum atomic E-state index is -0.469. The molecule has 0 saturated heterocycles. The lowest BCUT2D eigenvalue weighted by atomic mass is 9.99. The van der Waals surface area contributed by atoms with Crippen molar-refractivity contribution in [3.8, 4) is 11.8 Å². The molecule has 0 unspecified atom stereocenters. The molecule has 0 radical (unpaired) electrons. The molecule has 0 atom stereocenters. The number of carbonyl (C=O) groups is 2. The number of nitriles is 1. The van der Waals surface area contributed by atoms with E-state index in [1.165, 1.54) is 7.11 Å². The minimum absolute atomic E-state index is 0.0387. The number of hydrogen-bond donors (Lipinski definition) is 1. The van der Waals surface area contributed by atoms with Crippen LogP contribution in [0.4, 0.5) is 0 Å². The number of Topliss-reactive ketones (excluding diaryl/α,β-unsaturated/α-hetero) is 1. The lowest BCUT2D eigenvalue weighted by molar-refractivity contribution is -0.142. The van der Waals surface area contributed by atoms with Gasteiger partial charge in [-0.1, -0.05) is 18.2 Å². The van der Waals surface area contributed by atoms with Gasteiger partial charge in [-0.15, -0.1) is 0 Å². The molecule has 146 valence electrons. The normalized spacial score (nSPS) is 11.2. The molecule has 2 aromatic carbocycles. The van der Waals surface area contributed by atoms with Crippen LogP contribution in [-0.4, -0.2) is 30.5 Å². The summed E-state index contributed by atoms with van der Waals surface area (Å²) in [5.41, 5.74) is 3.62. The van der Waals surface area contributed by atoms with E-state index in [1.54, 1.807) is 24.4 Å². The van der Waals surface area contributed by atoms with Gasteiger partial charge < -0.3 is 14.5 Å². The molecule has 1 aromatic heterocycles. The molecule has 0 bridgehead atoms. The van der Waals surface area contributed by atoms with Crippen LogP contribution in [0, 0.1) is 25.2 Å². The Bertz CT molecular complexity index is 1140. The van der Waals surface area contributed by atoms with E-state index in [2.05, 4.69) is 9.72 Å². The number of fused-ring (bicyclic) bond motifs is 1.